The lowest BCUT2D eigenvalue weighted by molar-refractivity contribution is 0.219. The molecule has 18 heavy (non-hydrogen) atoms. The van der Waals surface area contributed by atoms with Crippen LogP contribution in [-0.4, -0.2) is 22.5 Å². The predicted molar refractivity (Wildman–Crippen MR) is 72.1 cm³/mol. The number of nitrogens with two attached hydrogens (primary N) is 1. The minimum atomic E-state index is 0.678. The van der Waals surface area contributed by atoms with Crippen molar-refractivity contribution in [1.29, 1.82) is 0 Å². The fraction of sp³-hybridized carbons (Fsp3) is 0.500. The molecule has 0 bridgehead atoms. The van der Waals surface area contributed by atoms with Gasteiger partial charge in [0, 0.05) is 6.04 Å². The third-order valence-electron chi connectivity index (χ3n) is 3.80. The van der Waals surface area contributed by atoms with Crippen molar-refractivity contribution < 1.29 is 4.42 Å². The van der Waals surface area contributed by atoms with Gasteiger partial charge in [-0.15, -0.1) is 0 Å². The number of oxazole rings is 1. The summed E-state index contributed by atoms with van der Waals surface area (Å²) in [6.45, 7) is 4.19. The summed E-state index contributed by atoms with van der Waals surface area (Å²) >= 11 is 0. The van der Waals surface area contributed by atoms with E-state index in [1.165, 1.54) is 19.3 Å². The fourth-order valence-corrected chi connectivity index (χ4v) is 2.82. The second-order valence-corrected chi connectivity index (χ2v) is 4.98. The molecule has 0 spiro atoms. The maximum atomic E-state index is 5.90. The van der Waals surface area contributed by atoms with E-state index in [-0.39, 0.29) is 0 Å². The van der Waals surface area contributed by atoms with E-state index < -0.39 is 0 Å². The minimum absolute atomic E-state index is 0.678. The molecular formula is C14H19N3O. The molecule has 0 radical (unpaired) electrons. The van der Waals surface area contributed by atoms with Crippen LogP contribution in [0.15, 0.2) is 22.6 Å². The van der Waals surface area contributed by atoms with Gasteiger partial charge in [-0.2, -0.15) is 0 Å². The standard InChI is InChI=1S/C14H19N3O/c1-2-10-5-4-8-17(10)9-13-16-14-11(15)6-3-7-12(14)18-13/h3,6-7,10H,2,4-5,8-9,15H2,1H3. The van der Waals surface area contributed by atoms with E-state index in [1.807, 2.05) is 18.2 Å². The first-order valence-corrected chi connectivity index (χ1v) is 6.66. The Labute approximate surface area is 107 Å². The Morgan fingerprint density at radius 1 is 1.50 bits per heavy atom. The molecule has 2 heterocycles. The van der Waals surface area contributed by atoms with Gasteiger partial charge in [-0.05, 0) is 37.9 Å². The highest BCUT2D eigenvalue weighted by molar-refractivity contribution is 5.85. The molecule has 1 aliphatic rings. The normalized spacial score (nSPS) is 20.8. The Bertz CT molecular complexity index is 549. The maximum Gasteiger partial charge on any atom is 0.209 e. The molecule has 1 unspecified atom stereocenters. The van der Waals surface area contributed by atoms with Crippen molar-refractivity contribution in [2.75, 3.05) is 12.3 Å². The van der Waals surface area contributed by atoms with E-state index >= 15 is 0 Å². The lowest BCUT2D eigenvalue weighted by Gasteiger charge is -2.21. The van der Waals surface area contributed by atoms with Crippen molar-refractivity contribution in [1.82, 2.24) is 9.88 Å². The average Bonchev–Trinajstić information content (AvgIpc) is 2.96. The van der Waals surface area contributed by atoms with Crippen LogP contribution in [0.1, 0.15) is 32.1 Å². The van der Waals surface area contributed by atoms with E-state index in [2.05, 4.69) is 16.8 Å². The van der Waals surface area contributed by atoms with Crippen molar-refractivity contribution in [2.24, 2.45) is 0 Å². The Kier molecular flexibility index (Phi) is 2.96. The molecule has 2 aromatic rings. The topological polar surface area (TPSA) is 55.3 Å². The van der Waals surface area contributed by atoms with Gasteiger partial charge < -0.3 is 10.2 Å². The minimum Gasteiger partial charge on any atom is -0.439 e. The summed E-state index contributed by atoms with van der Waals surface area (Å²) in [5.41, 5.74) is 8.17. The third kappa shape index (κ3) is 1.97. The molecule has 1 aromatic heterocycles. The number of benzene rings is 1. The number of nitrogen functional groups attached to an aromatic ring is 1. The van der Waals surface area contributed by atoms with Gasteiger partial charge >= 0.3 is 0 Å². The van der Waals surface area contributed by atoms with Crippen LogP contribution in [0.25, 0.3) is 11.1 Å². The Balaban J connectivity index is 1.84. The first kappa shape index (κ1) is 11.5. The summed E-state index contributed by atoms with van der Waals surface area (Å²) in [7, 11) is 0. The quantitative estimate of drug-likeness (QED) is 0.845. The smallest absolute Gasteiger partial charge is 0.209 e. The molecule has 96 valence electrons. The van der Waals surface area contributed by atoms with Crippen LogP contribution >= 0.6 is 0 Å². The molecule has 0 amide bonds. The molecule has 1 saturated heterocycles. The van der Waals surface area contributed by atoms with Crippen molar-refractivity contribution >= 4 is 16.8 Å². The summed E-state index contributed by atoms with van der Waals surface area (Å²) in [6.07, 6.45) is 3.77. The summed E-state index contributed by atoms with van der Waals surface area (Å²) < 4.78 is 5.77. The number of anilines is 1. The molecule has 0 aliphatic carbocycles. The van der Waals surface area contributed by atoms with Crippen LogP contribution in [0.4, 0.5) is 5.69 Å². The van der Waals surface area contributed by atoms with Gasteiger partial charge in [-0.25, -0.2) is 4.98 Å². The van der Waals surface area contributed by atoms with Crippen molar-refractivity contribution in [3.05, 3.63) is 24.1 Å². The van der Waals surface area contributed by atoms with Crippen molar-refractivity contribution in [3.63, 3.8) is 0 Å². The van der Waals surface area contributed by atoms with E-state index in [0.717, 1.165) is 30.1 Å². The van der Waals surface area contributed by atoms with Gasteiger partial charge in [-0.1, -0.05) is 13.0 Å². The second-order valence-electron chi connectivity index (χ2n) is 4.98. The van der Waals surface area contributed by atoms with Crippen LogP contribution in [0, 0.1) is 0 Å². The highest BCUT2D eigenvalue weighted by Gasteiger charge is 2.24. The number of likely N-dealkylation sites (tertiary alicyclic amines) is 1. The monoisotopic (exact) mass is 245 g/mol. The van der Waals surface area contributed by atoms with Crippen LogP contribution < -0.4 is 5.73 Å². The zero-order valence-corrected chi connectivity index (χ0v) is 10.7. The molecule has 0 saturated carbocycles. The molecule has 3 rings (SSSR count). The van der Waals surface area contributed by atoms with Gasteiger partial charge in [-0.3, -0.25) is 4.90 Å². The number of fused-ring (bicyclic) bond motifs is 1. The lowest BCUT2D eigenvalue weighted by Crippen LogP contribution is -2.28. The molecule has 1 atom stereocenters. The number of nitrogens with zero attached hydrogens (tertiary/aromatic N) is 2. The molecule has 4 heteroatoms. The van der Waals surface area contributed by atoms with Gasteiger partial charge in [0.1, 0.15) is 5.52 Å². The van der Waals surface area contributed by atoms with Gasteiger partial charge in [0.2, 0.25) is 5.89 Å². The van der Waals surface area contributed by atoms with Crippen LogP contribution in [-0.2, 0) is 6.54 Å². The Hall–Kier alpha value is -1.55. The second kappa shape index (κ2) is 4.61. The SMILES string of the molecule is CCC1CCCN1Cc1nc2c(N)cccc2o1. The zero-order valence-electron chi connectivity index (χ0n) is 10.7. The Morgan fingerprint density at radius 2 is 2.39 bits per heavy atom. The van der Waals surface area contributed by atoms with Crippen LogP contribution in [0.5, 0.6) is 0 Å². The molecular weight excluding hydrogens is 226 g/mol. The van der Waals surface area contributed by atoms with Crippen LogP contribution in [0.3, 0.4) is 0 Å². The van der Waals surface area contributed by atoms with Crippen molar-refractivity contribution in [2.45, 2.75) is 38.8 Å². The average molecular weight is 245 g/mol. The molecule has 1 aliphatic heterocycles. The van der Waals surface area contributed by atoms with Gasteiger partial charge in [0.05, 0.1) is 12.2 Å². The van der Waals surface area contributed by atoms with E-state index in [4.69, 9.17) is 10.2 Å². The number of para-hydroxylation sites is 1. The summed E-state index contributed by atoms with van der Waals surface area (Å²) in [6, 6.07) is 6.36. The summed E-state index contributed by atoms with van der Waals surface area (Å²) in [5.74, 6) is 0.781. The Morgan fingerprint density at radius 3 is 3.17 bits per heavy atom. The lowest BCUT2D eigenvalue weighted by atomic mass is 10.2. The number of hydrogen-bond acceptors (Lipinski definition) is 4. The van der Waals surface area contributed by atoms with Gasteiger partial charge in [0.15, 0.2) is 5.58 Å². The van der Waals surface area contributed by atoms with Crippen molar-refractivity contribution in [3.8, 4) is 0 Å². The molecule has 2 N–H and O–H groups in total. The first-order valence-electron chi connectivity index (χ1n) is 6.66. The fourth-order valence-electron chi connectivity index (χ4n) is 2.82. The highest BCUT2D eigenvalue weighted by atomic mass is 16.3. The zero-order chi connectivity index (χ0) is 12.5. The van der Waals surface area contributed by atoms with E-state index in [1.54, 1.807) is 0 Å². The van der Waals surface area contributed by atoms with E-state index in [0.29, 0.717) is 11.7 Å². The number of rotatable bonds is 3. The van der Waals surface area contributed by atoms with Gasteiger partial charge in [0.25, 0.3) is 0 Å². The first-order chi connectivity index (χ1) is 8.78. The van der Waals surface area contributed by atoms with Crippen LogP contribution in [0.2, 0.25) is 0 Å². The predicted octanol–water partition coefficient (Wildman–Crippen LogP) is 2.78. The largest absolute Gasteiger partial charge is 0.439 e. The number of hydrogen-bond donors (Lipinski definition) is 1. The third-order valence-corrected chi connectivity index (χ3v) is 3.80. The summed E-state index contributed by atoms with van der Waals surface area (Å²) in [4.78, 5) is 6.97. The molecule has 4 nitrogen and oxygen atoms in total. The maximum absolute atomic E-state index is 5.90. The van der Waals surface area contributed by atoms with E-state index in [9.17, 15) is 0 Å². The summed E-state index contributed by atoms with van der Waals surface area (Å²) in [5, 5.41) is 0. The highest BCUT2D eigenvalue weighted by Crippen LogP contribution is 2.25. The number of aromatic nitrogens is 1. The molecule has 1 aromatic carbocycles. The molecule has 1 fully saturated rings.